The van der Waals surface area contributed by atoms with Gasteiger partial charge in [0.1, 0.15) is 5.78 Å². The second-order valence-electron chi connectivity index (χ2n) is 12.3. The number of hydrogen-bond acceptors (Lipinski definition) is 3. The van der Waals surface area contributed by atoms with E-state index in [0.29, 0.717) is 35.4 Å². The van der Waals surface area contributed by atoms with Crippen LogP contribution >= 0.6 is 0 Å². The Hall–Kier alpha value is -0.670. The zero-order chi connectivity index (χ0) is 21.1. The Morgan fingerprint density at radius 1 is 0.933 bits per heavy atom. The summed E-state index contributed by atoms with van der Waals surface area (Å²) >= 11 is 0. The third-order valence-electron chi connectivity index (χ3n) is 10.9. The van der Waals surface area contributed by atoms with Crippen LogP contribution in [0.5, 0.6) is 0 Å². The van der Waals surface area contributed by atoms with Gasteiger partial charge in [0.05, 0.1) is 5.60 Å². The van der Waals surface area contributed by atoms with Crippen LogP contribution in [0.4, 0.5) is 0 Å². The molecule has 3 nitrogen and oxygen atoms in total. The molecule has 168 valence electrons. The topological polar surface area (TPSA) is 49.3 Å². The van der Waals surface area contributed by atoms with E-state index in [1.54, 1.807) is 0 Å². The number of carbonyl (C=O) groups excluding carboxylic acids is 1. The summed E-state index contributed by atoms with van der Waals surface area (Å²) in [5, 5.41) is 15.6. The molecule has 1 aliphatic heterocycles. The van der Waals surface area contributed by atoms with Crippen LogP contribution in [-0.2, 0) is 4.79 Å². The number of nitrogens with one attached hydrogen (secondary N) is 1. The largest absolute Gasteiger partial charge is 0.389 e. The highest BCUT2D eigenvalue weighted by atomic mass is 16.3. The quantitative estimate of drug-likeness (QED) is 0.617. The first-order valence-electron chi connectivity index (χ1n) is 12.9. The lowest BCUT2D eigenvalue weighted by Gasteiger charge is -2.65. The average Bonchev–Trinajstić information content (AvgIpc) is 3.03. The molecule has 0 radical (unpaired) electrons. The normalized spacial score (nSPS) is 52.1. The summed E-state index contributed by atoms with van der Waals surface area (Å²) in [6.45, 7) is 9.36. The molecule has 1 heterocycles. The third kappa shape index (κ3) is 3.09. The van der Waals surface area contributed by atoms with Crippen molar-refractivity contribution in [2.45, 2.75) is 90.6 Å². The molecule has 30 heavy (non-hydrogen) atoms. The maximum atomic E-state index is 12.7. The number of ketones is 1. The first kappa shape index (κ1) is 21.2. The SMILES string of the molecule is CC1CC2(O)CC(C=CC3CCNCC3)CC[C@]2(C)[C@@H]2CC[C@]3(C)C(=O)CC[C@H]3[C@H]12. The molecule has 5 rings (SSSR count). The van der Waals surface area contributed by atoms with Crippen LogP contribution in [0.1, 0.15) is 85.0 Å². The van der Waals surface area contributed by atoms with Crippen LogP contribution in [0.15, 0.2) is 12.2 Å². The second kappa shape index (κ2) is 7.44. The number of carbonyl (C=O) groups is 1. The van der Waals surface area contributed by atoms with E-state index < -0.39 is 5.60 Å². The van der Waals surface area contributed by atoms with Gasteiger partial charge in [0, 0.05) is 11.8 Å². The van der Waals surface area contributed by atoms with E-state index in [1.807, 2.05) is 0 Å². The van der Waals surface area contributed by atoms with Gasteiger partial charge in [0.25, 0.3) is 0 Å². The molecule has 0 amide bonds. The lowest BCUT2D eigenvalue weighted by Crippen LogP contribution is -2.64. The van der Waals surface area contributed by atoms with Crippen LogP contribution in [0.2, 0.25) is 0 Å². The number of hydrogen-bond donors (Lipinski definition) is 2. The lowest BCUT2D eigenvalue weighted by molar-refractivity contribution is -0.223. The van der Waals surface area contributed by atoms with Crippen LogP contribution in [0, 0.1) is 46.3 Å². The number of fused-ring (bicyclic) bond motifs is 5. The Kier molecular flexibility index (Phi) is 5.26. The Labute approximate surface area is 183 Å². The van der Waals surface area contributed by atoms with E-state index in [0.717, 1.165) is 64.0 Å². The van der Waals surface area contributed by atoms with Crippen LogP contribution in [0.3, 0.4) is 0 Å². The maximum Gasteiger partial charge on any atom is 0.139 e. The summed E-state index contributed by atoms with van der Waals surface area (Å²) < 4.78 is 0. The third-order valence-corrected chi connectivity index (χ3v) is 10.9. The van der Waals surface area contributed by atoms with Crippen molar-refractivity contribution in [1.82, 2.24) is 5.32 Å². The standard InChI is InChI=1S/C27H43NO2/c1-18-16-27(30)17-20(5-4-19-10-14-28-15-11-19)8-13-26(27,3)22-9-12-25(2)21(24(18)22)6-7-23(25)29/h4-5,18-22,24,28,30H,6-17H2,1-3H3/t18?,20?,21-,22+,24-,25-,26+,27?/m0/s1. The van der Waals surface area contributed by atoms with Crippen molar-refractivity contribution in [2.75, 3.05) is 13.1 Å². The fourth-order valence-electron chi connectivity index (χ4n) is 9.02. The number of piperidine rings is 1. The van der Waals surface area contributed by atoms with E-state index in [1.165, 1.54) is 19.3 Å². The number of aliphatic hydroxyl groups is 1. The molecule has 0 spiro atoms. The Bertz CT molecular complexity index is 712. The van der Waals surface area contributed by atoms with E-state index in [4.69, 9.17) is 0 Å². The van der Waals surface area contributed by atoms with Crippen molar-refractivity contribution in [3.05, 3.63) is 12.2 Å². The Morgan fingerprint density at radius 3 is 2.43 bits per heavy atom. The smallest absolute Gasteiger partial charge is 0.139 e. The monoisotopic (exact) mass is 413 g/mol. The first-order chi connectivity index (χ1) is 14.3. The van der Waals surface area contributed by atoms with Crippen LogP contribution in [-0.4, -0.2) is 29.6 Å². The number of Topliss-reactive ketones (excluding diaryl/α,β-unsaturated/α-hetero) is 1. The molecule has 3 unspecified atom stereocenters. The highest BCUT2D eigenvalue weighted by molar-refractivity contribution is 5.87. The van der Waals surface area contributed by atoms with Gasteiger partial charge in [-0.2, -0.15) is 0 Å². The van der Waals surface area contributed by atoms with Crippen LogP contribution in [0.25, 0.3) is 0 Å². The molecule has 0 aromatic heterocycles. The minimum atomic E-state index is -0.536. The van der Waals surface area contributed by atoms with Gasteiger partial charge in [-0.25, -0.2) is 0 Å². The lowest BCUT2D eigenvalue weighted by atomic mass is 9.41. The maximum absolute atomic E-state index is 12.7. The minimum absolute atomic E-state index is 0.0241. The molecule has 4 saturated carbocycles. The van der Waals surface area contributed by atoms with Gasteiger partial charge in [-0.05, 0) is 112 Å². The van der Waals surface area contributed by atoms with Crippen molar-refractivity contribution >= 4 is 5.78 Å². The van der Waals surface area contributed by atoms with Gasteiger partial charge in [0.2, 0.25) is 0 Å². The van der Waals surface area contributed by atoms with Crippen molar-refractivity contribution < 1.29 is 9.90 Å². The molecule has 0 aromatic carbocycles. The molecule has 0 bridgehead atoms. The van der Waals surface area contributed by atoms with Crippen molar-refractivity contribution in [3.63, 3.8) is 0 Å². The Morgan fingerprint density at radius 2 is 1.67 bits per heavy atom. The summed E-state index contributed by atoms with van der Waals surface area (Å²) in [4.78, 5) is 12.7. The van der Waals surface area contributed by atoms with Gasteiger partial charge in [-0.1, -0.05) is 32.9 Å². The van der Waals surface area contributed by atoms with E-state index in [9.17, 15) is 9.90 Å². The fraction of sp³-hybridized carbons (Fsp3) is 0.889. The highest BCUT2D eigenvalue weighted by Crippen LogP contribution is 2.68. The molecule has 1 saturated heterocycles. The van der Waals surface area contributed by atoms with Gasteiger partial charge < -0.3 is 10.4 Å². The summed E-state index contributed by atoms with van der Waals surface area (Å²) in [6.07, 6.45) is 15.8. The van der Waals surface area contributed by atoms with Crippen molar-refractivity contribution in [1.29, 1.82) is 0 Å². The zero-order valence-corrected chi connectivity index (χ0v) is 19.5. The summed E-state index contributed by atoms with van der Waals surface area (Å²) in [5.41, 5.74) is -0.586. The Balaban J connectivity index is 1.36. The molecule has 4 aliphatic carbocycles. The van der Waals surface area contributed by atoms with Crippen molar-refractivity contribution in [2.24, 2.45) is 46.3 Å². The number of rotatable bonds is 2. The minimum Gasteiger partial charge on any atom is -0.389 e. The van der Waals surface area contributed by atoms with Gasteiger partial charge in [-0.3, -0.25) is 4.79 Å². The molecule has 5 fully saturated rings. The predicted octanol–water partition coefficient (Wildman–Crippen LogP) is 5.13. The van der Waals surface area contributed by atoms with E-state index >= 15 is 0 Å². The molecule has 0 aromatic rings. The highest BCUT2D eigenvalue weighted by Gasteiger charge is 2.66. The number of allylic oxidation sites excluding steroid dienone is 2. The fourth-order valence-corrected chi connectivity index (χ4v) is 9.02. The summed E-state index contributed by atoms with van der Waals surface area (Å²) in [6, 6.07) is 0. The van der Waals surface area contributed by atoms with Gasteiger partial charge in [0.15, 0.2) is 0 Å². The van der Waals surface area contributed by atoms with Gasteiger partial charge in [-0.15, -0.1) is 0 Å². The van der Waals surface area contributed by atoms with Crippen molar-refractivity contribution in [3.8, 4) is 0 Å². The molecule has 2 N–H and O–H groups in total. The second-order valence-corrected chi connectivity index (χ2v) is 12.3. The molecule has 8 atom stereocenters. The summed E-state index contributed by atoms with van der Waals surface area (Å²) in [5.74, 6) is 4.07. The molecular weight excluding hydrogens is 370 g/mol. The first-order valence-corrected chi connectivity index (χ1v) is 12.9. The molecule has 5 aliphatic rings. The predicted molar refractivity (Wildman–Crippen MR) is 121 cm³/mol. The van der Waals surface area contributed by atoms with Gasteiger partial charge >= 0.3 is 0 Å². The molecule has 3 heteroatoms. The van der Waals surface area contributed by atoms with E-state index in [2.05, 4.69) is 38.2 Å². The average molecular weight is 414 g/mol. The zero-order valence-electron chi connectivity index (χ0n) is 19.5. The molecular formula is C27H43NO2. The van der Waals surface area contributed by atoms with Crippen LogP contribution < -0.4 is 5.32 Å². The van der Waals surface area contributed by atoms with E-state index in [-0.39, 0.29) is 10.8 Å². The summed E-state index contributed by atoms with van der Waals surface area (Å²) in [7, 11) is 0.